The minimum atomic E-state index is -4.85. The van der Waals surface area contributed by atoms with Crippen molar-refractivity contribution in [2.75, 3.05) is 0 Å². The molecule has 0 saturated carbocycles. The Balaban J connectivity index is 4.11. The van der Waals surface area contributed by atoms with Gasteiger partial charge in [0.15, 0.2) is 6.29 Å². The van der Waals surface area contributed by atoms with Gasteiger partial charge >= 0.3 is 7.82 Å². The molecule has 0 amide bonds. The minimum Gasteiger partial charge on any atom is -0.390 e. The highest BCUT2D eigenvalue weighted by Crippen LogP contribution is 2.37. The lowest BCUT2D eigenvalue weighted by Crippen LogP contribution is -2.38. The molecule has 0 aliphatic rings. The van der Waals surface area contributed by atoms with Crippen molar-refractivity contribution in [3.05, 3.63) is 0 Å². The first-order valence-electron chi connectivity index (χ1n) is 3.56. The number of rotatable bonds is 5. The van der Waals surface area contributed by atoms with Crippen molar-refractivity contribution in [2.24, 2.45) is 0 Å². The summed E-state index contributed by atoms with van der Waals surface area (Å²) in [5.41, 5.74) is 0. The lowest BCUT2D eigenvalue weighted by Gasteiger charge is -2.21. The van der Waals surface area contributed by atoms with Crippen LogP contribution in [-0.4, -0.2) is 43.6 Å². The molecule has 0 aromatic heterocycles. The van der Waals surface area contributed by atoms with E-state index in [1.54, 1.807) is 0 Å². The van der Waals surface area contributed by atoms with Gasteiger partial charge in [-0.2, -0.15) is 0 Å². The van der Waals surface area contributed by atoms with Crippen LogP contribution in [0.2, 0.25) is 0 Å². The maximum atomic E-state index is 10.2. The van der Waals surface area contributed by atoms with E-state index in [1.807, 2.05) is 0 Å². The predicted octanol–water partition coefficient (Wildman–Crippen LogP) is -1.45. The summed E-state index contributed by atoms with van der Waals surface area (Å²) in [6.07, 6.45) is -5.00. The van der Waals surface area contributed by atoms with E-state index in [1.165, 1.54) is 6.92 Å². The van der Waals surface area contributed by atoms with Crippen LogP contribution in [0.15, 0.2) is 0 Å². The molecule has 0 spiro atoms. The standard InChI is InChI=1S/C5H13O7P/c1-2-3(6)4(7)5(8)12-13(9,10)11/h3-8H,2H2,1H3,(H2,9,10,11)/t3-,4+,5?/m0/s1. The van der Waals surface area contributed by atoms with Crippen molar-refractivity contribution in [1.29, 1.82) is 0 Å². The number of hydrogen-bond acceptors (Lipinski definition) is 5. The summed E-state index contributed by atoms with van der Waals surface area (Å²) in [6.45, 7) is 1.53. The summed E-state index contributed by atoms with van der Waals surface area (Å²) in [5, 5.41) is 26.8. The molecule has 3 atom stereocenters. The Bertz CT molecular complexity index is 189. The SMILES string of the molecule is CC[C@H](O)[C@@H](O)C(O)OP(=O)(O)O. The number of phosphoric acid groups is 1. The summed E-state index contributed by atoms with van der Waals surface area (Å²) in [5.74, 6) is 0. The Morgan fingerprint density at radius 1 is 1.31 bits per heavy atom. The van der Waals surface area contributed by atoms with Crippen LogP contribution in [0, 0.1) is 0 Å². The van der Waals surface area contributed by atoms with Crippen molar-refractivity contribution in [1.82, 2.24) is 0 Å². The zero-order chi connectivity index (χ0) is 10.6. The molecule has 0 saturated heterocycles. The molecule has 1 unspecified atom stereocenters. The monoisotopic (exact) mass is 216 g/mol. The summed E-state index contributed by atoms with van der Waals surface area (Å²) in [6, 6.07) is 0. The molecule has 0 rings (SSSR count). The molecule has 0 fully saturated rings. The zero-order valence-corrected chi connectivity index (χ0v) is 7.83. The number of aliphatic hydroxyl groups excluding tert-OH is 3. The third kappa shape index (κ3) is 5.33. The Morgan fingerprint density at radius 3 is 2.08 bits per heavy atom. The maximum Gasteiger partial charge on any atom is 0.472 e. The molecular weight excluding hydrogens is 203 g/mol. The van der Waals surface area contributed by atoms with Crippen LogP contribution in [0.5, 0.6) is 0 Å². The van der Waals surface area contributed by atoms with Crippen molar-refractivity contribution in [3.8, 4) is 0 Å². The molecule has 0 aliphatic heterocycles. The van der Waals surface area contributed by atoms with Gasteiger partial charge in [0.2, 0.25) is 0 Å². The highest BCUT2D eigenvalue weighted by Gasteiger charge is 2.30. The molecular formula is C5H13O7P. The van der Waals surface area contributed by atoms with Crippen molar-refractivity contribution < 1.29 is 34.2 Å². The van der Waals surface area contributed by atoms with Gasteiger partial charge in [0, 0.05) is 0 Å². The van der Waals surface area contributed by atoms with E-state index in [-0.39, 0.29) is 6.42 Å². The number of phosphoric ester groups is 1. The first-order chi connectivity index (χ1) is 5.78. The molecule has 8 heteroatoms. The van der Waals surface area contributed by atoms with Crippen molar-refractivity contribution in [3.63, 3.8) is 0 Å². The van der Waals surface area contributed by atoms with E-state index < -0.39 is 26.3 Å². The Labute approximate surface area is 74.8 Å². The second-order valence-corrected chi connectivity index (χ2v) is 3.64. The molecule has 13 heavy (non-hydrogen) atoms. The smallest absolute Gasteiger partial charge is 0.390 e. The summed E-state index contributed by atoms with van der Waals surface area (Å²) in [4.78, 5) is 16.5. The van der Waals surface area contributed by atoms with E-state index in [0.29, 0.717) is 0 Å². The third-order valence-corrected chi connectivity index (χ3v) is 1.84. The summed E-state index contributed by atoms with van der Waals surface area (Å²) >= 11 is 0. The Hall–Kier alpha value is -0.0100. The van der Waals surface area contributed by atoms with Gasteiger partial charge in [0.1, 0.15) is 6.10 Å². The zero-order valence-electron chi connectivity index (χ0n) is 6.94. The molecule has 0 aromatic rings. The average Bonchev–Trinajstić information content (AvgIpc) is 1.98. The molecule has 0 radical (unpaired) electrons. The first-order valence-corrected chi connectivity index (χ1v) is 5.09. The van der Waals surface area contributed by atoms with Crippen LogP contribution < -0.4 is 0 Å². The van der Waals surface area contributed by atoms with Crippen LogP contribution in [0.25, 0.3) is 0 Å². The highest BCUT2D eigenvalue weighted by atomic mass is 31.2. The third-order valence-electron chi connectivity index (χ3n) is 1.35. The van der Waals surface area contributed by atoms with Gasteiger partial charge in [-0.15, -0.1) is 0 Å². The lowest BCUT2D eigenvalue weighted by molar-refractivity contribution is -0.150. The molecule has 0 aromatic carbocycles. The minimum absolute atomic E-state index is 0.128. The van der Waals surface area contributed by atoms with E-state index in [2.05, 4.69) is 4.52 Å². The van der Waals surface area contributed by atoms with Crippen molar-refractivity contribution >= 4 is 7.82 Å². The van der Waals surface area contributed by atoms with Gasteiger partial charge in [0.25, 0.3) is 0 Å². The fourth-order valence-corrected chi connectivity index (χ4v) is 1.04. The molecule has 0 heterocycles. The lowest BCUT2D eigenvalue weighted by atomic mass is 10.1. The topological polar surface area (TPSA) is 127 Å². The normalized spacial score (nSPS) is 19.5. The summed E-state index contributed by atoms with van der Waals surface area (Å²) < 4.78 is 13.9. The predicted molar refractivity (Wildman–Crippen MR) is 41.4 cm³/mol. The van der Waals surface area contributed by atoms with Gasteiger partial charge in [0.05, 0.1) is 6.10 Å². The number of aliphatic hydroxyl groups is 3. The van der Waals surface area contributed by atoms with E-state index >= 15 is 0 Å². The second kappa shape index (κ2) is 5.02. The number of hydrogen-bond donors (Lipinski definition) is 5. The fraction of sp³-hybridized carbons (Fsp3) is 1.00. The van der Waals surface area contributed by atoms with Crippen LogP contribution in [-0.2, 0) is 9.09 Å². The van der Waals surface area contributed by atoms with E-state index in [9.17, 15) is 4.57 Å². The Morgan fingerprint density at radius 2 is 1.77 bits per heavy atom. The molecule has 7 nitrogen and oxygen atoms in total. The van der Waals surface area contributed by atoms with Crippen LogP contribution in [0.1, 0.15) is 13.3 Å². The van der Waals surface area contributed by atoms with Gasteiger partial charge < -0.3 is 25.1 Å². The molecule has 0 bridgehead atoms. The quantitative estimate of drug-likeness (QED) is 0.281. The highest BCUT2D eigenvalue weighted by molar-refractivity contribution is 7.46. The first kappa shape index (κ1) is 13.0. The van der Waals surface area contributed by atoms with Crippen LogP contribution >= 0.6 is 7.82 Å². The summed E-state index contributed by atoms with van der Waals surface area (Å²) in [7, 11) is -4.85. The van der Waals surface area contributed by atoms with Crippen LogP contribution in [0.4, 0.5) is 0 Å². The largest absolute Gasteiger partial charge is 0.472 e. The maximum absolute atomic E-state index is 10.2. The van der Waals surface area contributed by atoms with Crippen LogP contribution in [0.3, 0.4) is 0 Å². The van der Waals surface area contributed by atoms with E-state index in [4.69, 9.17) is 25.1 Å². The second-order valence-electron chi connectivity index (χ2n) is 2.45. The van der Waals surface area contributed by atoms with Gasteiger partial charge in [-0.1, -0.05) is 6.92 Å². The molecule has 80 valence electrons. The van der Waals surface area contributed by atoms with Crippen molar-refractivity contribution in [2.45, 2.75) is 31.8 Å². The fourth-order valence-electron chi connectivity index (χ4n) is 0.635. The average molecular weight is 216 g/mol. The van der Waals surface area contributed by atoms with Gasteiger partial charge in [-0.25, -0.2) is 4.57 Å². The van der Waals surface area contributed by atoms with Gasteiger partial charge in [-0.05, 0) is 6.42 Å². The van der Waals surface area contributed by atoms with Gasteiger partial charge in [-0.3, -0.25) is 4.52 Å². The van der Waals surface area contributed by atoms with E-state index in [0.717, 1.165) is 0 Å². The molecule has 0 aliphatic carbocycles. The Kier molecular flexibility index (Phi) is 5.01. The molecule has 5 N–H and O–H groups in total.